The van der Waals surface area contributed by atoms with E-state index in [-0.39, 0.29) is 5.60 Å². The number of nitrogens with one attached hydrogen (secondary N) is 1. The van der Waals surface area contributed by atoms with Crippen LogP contribution in [-0.2, 0) is 9.47 Å². The lowest BCUT2D eigenvalue weighted by Crippen LogP contribution is -2.38. The predicted octanol–water partition coefficient (Wildman–Crippen LogP) is 2.84. The van der Waals surface area contributed by atoms with Gasteiger partial charge in [-0.2, -0.15) is 0 Å². The highest BCUT2D eigenvalue weighted by Crippen LogP contribution is 2.32. The number of ether oxygens (including phenoxy) is 2. The molecule has 1 rings (SSSR count). The smallest absolute Gasteiger partial charge is 0.0598 e. The molecule has 1 heterocycles. The Labute approximate surface area is 113 Å². The summed E-state index contributed by atoms with van der Waals surface area (Å²) in [6, 6.07) is 0. The van der Waals surface area contributed by atoms with Gasteiger partial charge < -0.3 is 14.8 Å². The van der Waals surface area contributed by atoms with Crippen molar-refractivity contribution in [2.75, 3.05) is 32.9 Å². The lowest BCUT2D eigenvalue weighted by Gasteiger charge is -2.30. The molecule has 0 aromatic rings. The zero-order chi connectivity index (χ0) is 13.6. The Morgan fingerprint density at radius 1 is 1.33 bits per heavy atom. The minimum Gasteiger partial charge on any atom is -0.381 e. The van der Waals surface area contributed by atoms with Gasteiger partial charge in [0.25, 0.3) is 0 Å². The van der Waals surface area contributed by atoms with E-state index in [0.29, 0.717) is 11.3 Å². The molecule has 3 nitrogen and oxygen atoms in total. The minimum absolute atomic E-state index is 0.0357. The third kappa shape index (κ3) is 6.17. The van der Waals surface area contributed by atoms with Crippen LogP contribution in [0.3, 0.4) is 0 Å². The normalized spacial score (nSPS) is 25.0. The number of rotatable bonds is 7. The van der Waals surface area contributed by atoms with Gasteiger partial charge >= 0.3 is 0 Å². The lowest BCUT2D eigenvalue weighted by molar-refractivity contribution is -0.0200. The molecule has 0 aromatic heterocycles. The Bertz CT molecular complexity index is 227. The molecule has 0 spiro atoms. The molecule has 1 saturated heterocycles. The third-order valence-corrected chi connectivity index (χ3v) is 3.41. The van der Waals surface area contributed by atoms with Crippen LogP contribution in [0.25, 0.3) is 0 Å². The fraction of sp³-hybridized carbons (Fsp3) is 1.00. The van der Waals surface area contributed by atoms with Gasteiger partial charge in [0.2, 0.25) is 0 Å². The van der Waals surface area contributed by atoms with Gasteiger partial charge in [0, 0.05) is 25.2 Å². The first-order valence-corrected chi connectivity index (χ1v) is 7.25. The van der Waals surface area contributed by atoms with E-state index in [1.807, 2.05) is 0 Å². The molecule has 0 bridgehead atoms. The van der Waals surface area contributed by atoms with Gasteiger partial charge in [-0.05, 0) is 46.1 Å². The van der Waals surface area contributed by atoms with E-state index in [1.165, 1.54) is 0 Å². The Hall–Kier alpha value is -0.120. The predicted molar refractivity (Wildman–Crippen MR) is 75.9 cm³/mol. The molecule has 0 aromatic carbocycles. The average molecular weight is 257 g/mol. The van der Waals surface area contributed by atoms with Gasteiger partial charge in [0.1, 0.15) is 0 Å². The van der Waals surface area contributed by atoms with Crippen molar-refractivity contribution in [2.45, 2.75) is 53.1 Å². The quantitative estimate of drug-likeness (QED) is 0.761. The van der Waals surface area contributed by atoms with E-state index in [1.54, 1.807) is 0 Å². The van der Waals surface area contributed by atoms with Crippen LogP contribution in [0.15, 0.2) is 0 Å². The monoisotopic (exact) mass is 257 g/mol. The topological polar surface area (TPSA) is 30.5 Å². The summed E-state index contributed by atoms with van der Waals surface area (Å²) in [5, 5.41) is 3.58. The molecule has 1 N–H and O–H groups in total. The molecule has 1 fully saturated rings. The second kappa shape index (κ2) is 6.88. The van der Waals surface area contributed by atoms with Gasteiger partial charge in [-0.25, -0.2) is 0 Å². The second-order valence-electron chi connectivity index (χ2n) is 7.04. The zero-order valence-electron chi connectivity index (χ0n) is 12.8. The van der Waals surface area contributed by atoms with E-state index in [0.717, 1.165) is 45.8 Å². The second-order valence-corrected chi connectivity index (χ2v) is 7.04. The minimum atomic E-state index is -0.0357. The highest BCUT2D eigenvalue weighted by atomic mass is 16.5. The van der Waals surface area contributed by atoms with Crippen molar-refractivity contribution in [1.29, 1.82) is 0 Å². The Kier molecular flexibility index (Phi) is 6.09. The molecule has 0 aliphatic carbocycles. The summed E-state index contributed by atoms with van der Waals surface area (Å²) < 4.78 is 11.5. The molecule has 18 heavy (non-hydrogen) atoms. The van der Waals surface area contributed by atoms with Crippen molar-refractivity contribution in [3.05, 3.63) is 0 Å². The summed E-state index contributed by atoms with van der Waals surface area (Å²) in [4.78, 5) is 0. The largest absolute Gasteiger partial charge is 0.381 e. The van der Waals surface area contributed by atoms with E-state index in [4.69, 9.17) is 9.47 Å². The molecule has 3 heteroatoms. The maximum atomic E-state index is 5.86. The summed E-state index contributed by atoms with van der Waals surface area (Å²) in [6.07, 6.45) is 2.25. The highest BCUT2D eigenvalue weighted by Gasteiger charge is 2.34. The van der Waals surface area contributed by atoms with Crippen molar-refractivity contribution in [1.82, 2.24) is 5.32 Å². The zero-order valence-corrected chi connectivity index (χ0v) is 12.8. The van der Waals surface area contributed by atoms with Crippen LogP contribution in [0.1, 0.15) is 47.5 Å². The third-order valence-electron chi connectivity index (χ3n) is 3.41. The number of hydrogen-bond donors (Lipinski definition) is 1. The molecule has 1 atom stereocenters. The number of hydrogen-bond acceptors (Lipinski definition) is 3. The Morgan fingerprint density at radius 2 is 2.06 bits per heavy atom. The van der Waals surface area contributed by atoms with Crippen molar-refractivity contribution in [3.63, 3.8) is 0 Å². The van der Waals surface area contributed by atoms with Crippen LogP contribution in [0, 0.1) is 11.3 Å². The molecule has 1 unspecified atom stereocenters. The first-order valence-electron chi connectivity index (χ1n) is 7.25. The van der Waals surface area contributed by atoms with Crippen molar-refractivity contribution >= 4 is 0 Å². The molecular formula is C15H31NO2. The molecule has 0 saturated carbocycles. The van der Waals surface area contributed by atoms with Gasteiger partial charge in [0.05, 0.1) is 12.2 Å². The SMILES string of the molecule is CC(C)CNCC1(CCOC(C)(C)C)CCOC1. The first kappa shape index (κ1) is 15.9. The summed E-state index contributed by atoms with van der Waals surface area (Å²) >= 11 is 0. The fourth-order valence-corrected chi connectivity index (χ4v) is 2.27. The molecule has 0 radical (unpaired) electrons. The average Bonchev–Trinajstić information content (AvgIpc) is 2.64. The van der Waals surface area contributed by atoms with Crippen LogP contribution in [-0.4, -0.2) is 38.5 Å². The van der Waals surface area contributed by atoms with Crippen LogP contribution in [0.5, 0.6) is 0 Å². The van der Waals surface area contributed by atoms with Crippen LogP contribution in [0.4, 0.5) is 0 Å². The van der Waals surface area contributed by atoms with Crippen molar-refractivity contribution in [3.8, 4) is 0 Å². The van der Waals surface area contributed by atoms with E-state index < -0.39 is 0 Å². The van der Waals surface area contributed by atoms with E-state index >= 15 is 0 Å². The molecule has 1 aliphatic heterocycles. The summed E-state index contributed by atoms with van der Waals surface area (Å²) in [6.45, 7) is 15.6. The summed E-state index contributed by atoms with van der Waals surface area (Å²) in [7, 11) is 0. The molecule has 0 amide bonds. The first-order chi connectivity index (χ1) is 8.33. The van der Waals surface area contributed by atoms with Crippen molar-refractivity contribution in [2.24, 2.45) is 11.3 Å². The molecule has 1 aliphatic rings. The van der Waals surface area contributed by atoms with Crippen LogP contribution < -0.4 is 5.32 Å². The maximum Gasteiger partial charge on any atom is 0.0598 e. The summed E-state index contributed by atoms with van der Waals surface area (Å²) in [5.74, 6) is 0.704. The van der Waals surface area contributed by atoms with Gasteiger partial charge in [-0.3, -0.25) is 0 Å². The van der Waals surface area contributed by atoms with Gasteiger partial charge in [-0.1, -0.05) is 13.8 Å². The van der Waals surface area contributed by atoms with Crippen molar-refractivity contribution < 1.29 is 9.47 Å². The highest BCUT2D eigenvalue weighted by molar-refractivity contribution is 4.85. The van der Waals surface area contributed by atoms with Gasteiger partial charge in [0.15, 0.2) is 0 Å². The van der Waals surface area contributed by atoms with Crippen LogP contribution in [0.2, 0.25) is 0 Å². The van der Waals surface area contributed by atoms with Crippen LogP contribution >= 0.6 is 0 Å². The Morgan fingerprint density at radius 3 is 2.56 bits per heavy atom. The fourth-order valence-electron chi connectivity index (χ4n) is 2.27. The Balaban J connectivity index is 2.33. The standard InChI is InChI=1S/C15H31NO2/c1-13(2)10-16-11-15(6-8-17-12-15)7-9-18-14(3,4)5/h13,16H,6-12H2,1-5H3. The van der Waals surface area contributed by atoms with E-state index in [9.17, 15) is 0 Å². The molecule has 108 valence electrons. The maximum absolute atomic E-state index is 5.86. The van der Waals surface area contributed by atoms with E-state index in [2.05, 4.69) is 39.9 Å². The van der Waals surface area contributed by atoms with Gasteiger partial charge in [-0.15, -0.1) is 0 Å². The lowest BCUT2D eigenvalue weighted by atomic mass is 9.84. The molecular weight excluding hydrogens is 226 g/mol. The summed E-state index contributed by atoms with van der Waals surface area (Å²) in [5.41, 5.74) is 0.256.